The molecule has 11 heteroatoms. The van der Waals surface area contributed by atoms with E-state index in [-0.39, 0.29) is 43.0 Å². The number of hydrogen-bond donors (Lipinski definition) is 4. The molecule has 1 aliphatic heterocycles. The zero-order valence-corrected chi connectivity index (χ0v) is 21.8. The molecule has 2 aromatic heterocycles. The number of phenols is 1. The van der Waals surface area contributed by atoms with Crippen LogP contribution in [0.5, 0.6) is 5.75 Å². The number of rotatable bonds is 5. The van der Waals surface area contributed by atoms with Gasteiger partial charge in [0.15, 0.2) is 17.2 Å². The minimum atomic E-state index is -4.61. The summed E-state index contributed by atoms with van der Waals surface area (Å²) in [4.78, 5) is 9.90. The number of aromatic nitrogens is 4. The van der Waals surface area contributed by atoms with Gasteiger partial charge in [-0.3, -0.25) is 10.00 Å². The van der Waals surface area contributed by atoms with Gasteiger partial charge in [-0.05, 0) is 67.0 Å². The Labute approximate surface area is 227 Å². The van der Waals surface area contributed by atoms with Crippen molar-refractivity contribution < 1.29 is 27.8 Å². The molecule has 0 radical (unpaired) electrons. The highest BCUT2D eigenvalue weighted by atomic mass is 19.4. The smallest absolute Gasteiger partial charge is 0.417 e. The van der Waals surface area contributed by atoms with E-state index in [0.717, 1.165) is 16.8 Å². The van der Waals surface area contributed by atoms with Crippen molar-refractivity contribution in [3.8, 4) is 28.4 Å². The number of fused-ring (bicyclic) bond motifs is 1. The number of H-pyrrole nitrogens is 2. The molecule has 1 saturated carbocycles. The Hall–Kier alpha value is -3.70. The van der Waals surface area contributed by atoms with Crippen molar-refractivity contribution in [2.45, 2.75) is 56.8 Å². The monoisotopic (exact) mass is 555 g/mol. The van der Waals surface area contributed by atoms with Crippen LogP contribution in [0.25, 0.3) is 39.1 Å². The van der Waals surface area contributed by atoms with E-state index in [1.165, 1.54) is 6.07 Å². The topological polar surface area (TPSA) is 101 Å². The van der Waals surface area contributed by atoms with Crippen molar-refractivity contribution in [1.82, 2.24) is 25.1 Å². The van der Waals surface area contributed by atoms with Crippen molar-refractivity contribution in [3.05, 3.63) is 59.7 Å². The number of aliphatic hydroxyl groups is 1. The van der Waals surface area contributed by atoms with E-state index in [1.54, 1.807) is 30.5 Å². The molecule has 0 spiro atoms. The molecule has 0 atom stereocenters. The molecule has 0 amide bonds. The predicted octanol–water partition coefficient (Wildman–Crippen LogP) is 5.96. The van der Waals surface area contributed by atoms with Gasteiger partial charge in [-0.1, -0.05) is 25.1 Å². The third-order valence-electron chi connectivity index (χ3n) is 8.36. The number of nitrogens with one attached hydrogen (secondary N) is 2. The first-order valence-electron chi connectivity index (χ1n) is 13.3. The first-order chi connectivity index (χ1) is 19.1. The van der Waals surface area contributed by atoms with Crippen LogP contribution in [0.1, 0.15) is 43.9 Å². The lowest BCUT2D eigenvalue weighted by Gasteiger charge is -2.40. The number of halogens is 4. The standard InChI is InChI=1S/C29H29F4N5O2/c1-2-16-13-19(39)3-4-20(16)21-5-6-22-25(24(21)30)36-37-26(22)27-34-14-23(35-27)17-9-12-38(15-17)18-7-10-28(40,11-8-18)29(31,32)33/h3-6,9,13-14,18,39-40H,2,7-8,10-12,15H2,1H3,(H,34,35)(H,36,37). The summed E-state index contributed by atoms with van der Waals surface area (Å²) < 4.78 is 55.1. The Morgan fingerprint density at radius 2 is 1.88 bits per heavy atom. The lowest BCUT2D eigenvalue weighted by molar-refractivity contribution is -0.272. The molecule has 2 aliphatic rings. The van der Waals surface area contributed by atoms with E-state index in [4.69, 9.17) is 0 Å². The SMILES string of the molecule is CCc1cc(O)ccc1-c1ccc2c(-c3ncc(C4=CCN(C5CCC(O)(C(F)(F)F)CC5)C4)[nH]3)[nH]nc2c1F. The number of aromatic hydroxyl groups is 1. The van der Waals surface area contributed by atoms with Crippen LogP contribution in [0.3, 0.4) is 0 Å². The van der Waals surface area contributed by atoms with Crippen LogP contribution in [0.4, 0.5) is 17.6 Å². The molecule has 2 aromatic carbocycles. The van der Waals surface area contributed by atoms with Gasteiger partial charge in [0.2, 0.25) is 0 Å². The summed E-state index contributed by atoms with van der Waals surface area (Å²) in [5.41, 5.74) is 1.81. The Morgan fingerprint density at radius 1 is 1.12 bits per heavy atom. The highest BCUT2D eigenvalue weighted by molar-refractivity contribution is 5.95. The molecule has 40 heavy (non-hydrogen) atoms. The van der Waals surface area contributed by atoms with Crippen LogP contribution in [0, 0.1) is 5.82 Å². The molecule has 4 aromatic rings. The zero-order chi connectivity index (χ0) is 28.2. The number of imidazole rings is 1. The number of benzene rings is 2. The van der Waals surface area contributed by atoms with Crippen LogP contribution in [0.2, 0.25) is 0 Å². The van der Waals surface area contributed by atoms with Crippen LogP contribution >= 0.6 is 0 Å². The predicted molar refractivity (Wildman–Crippen MR) is 143 cm³/mol. The van der Waals surface area contributed by atoms with Gasteiger partial charge in [-0.25, -0.2) is 9.37 Å². The van der Waals surface area contributed by atoms with Gasteiger partial charge in [0, 0.05) is 30.1 Å². The van der Waals surface area contributed by atoms with E-state index in [2.05, 4.69) is 25.1 Å². The second kappa shape index (κ2) is 9.74. The highest BCUT2D eigenvalue weighted by Crippen LogP contribution is 2.43. The fraction of sp³-hybridized carbons (Fsp3) is 0.379. The lowest BCUT2D eigenvalue weighted by Crippen LogP contribution is -2.51. The van der Waals surface area contributed by atoms with Crippen molar-refractivity contribution in [1.29, 1.82) is 0 Å². The fourth-order valence-electron chi connectivity index (χ4n) is 5.96. The molecular weight excluding hydrogens is 526 g/mol. The maximum Gasteiger partial charge on any atom is 0.417 e. The van der Waals surface area contributed by atoms with E-state index in [1.807, 2.05) is 13.0 Å². The molecule has 0 bridgehead atoms. The number of nitrogens with zero attached hydrogens (tertiary/aromatic N) is 3. The van der Waals surface area contributed by atoms with Crippen LogP contribution in [0.15, 0.2) is 42.6 Å². The summed E-state index contributed by atoms with van der Waals surface area (Å²) in [6, 6.07) is 8.33. The van der Waals surface area contributed by atoms with Crippen molar-refractivity contribution in [2.24, 2.45) is 0 Å². The molecule has 1 fully saturated rings. The lowest BCUT2D eigenvalue weighted by atomic mass is 9.81. The quantitative estimate of drug-likeness (QED) is 0.228. The first kappa shape index (κ1) is 26.5. The molecule has 0 unspecified atom stereocenters. The number of aromatic amines is 2. The van der Waals surface area contributed by atoms with Crippen LogP contribution in [-0.4, -0.2) is 66.2 Å². The Morgan fingerprint density at radius 3 is 2.60 bits per heavy atom. The van der Waals surface area contributed by atoms with Gasteiger partial charge < -0.3 is 15.2 Å². The minimum Gasteiger partial charge on any atom is -0.508 e. The molecule has 7 nitrogen and oxygen atoms in total. The number of hydrogen-bond acceptors (Lipinski definition) is 5. The average Bonchev–Trinajstić information content (AvgIpc) is 3.68. The molecule has 210 valence electrons. The molecule has 4 N–H and O–H groups in total. The zero-order valence-electron chi connectivity index (χ0n) is 21.8. The Kier molecular flexibility index (Phi) is 6.46. The molecule has 1 aliphatic carbocycles. The van der Waals surface area contributed by atoms with Crippen molar-refractivity contribution >= 4 is 16.5 Å². The third-order valence-corrected chi connectivity index (χ3v) is 8.36. The second-order valence-corrected chi connectivity index (χ2v) is 10.7. The number of phenolic OH excluding ortho intramolecular Hbond substituents is 1. The van der Waals surface area contributed by atoms with E-state index >= 15 is 4.39 Å². The molecule has 3 heterocycles. The molecule has 0 saturated heterocycles. The van der Waals surface area contributed by atoms with E-state index in [0.29, 0.717) is 47.5 Å². The van der Waals surface area contributed by atoms with Gasteiger partial charge in [0.1, 0.15) is 17.0 Å². The fourth-order valence-corrected chi connectivity index (χ4v) is 5.96. The first-order valence-corrected chi connectivity index (χ1v) is 13.3. The largest absolute Gasteiger partial charge is 0.508 e. The summed E-state index contributed by atoms with van der Waals surface area (Å²) in [5.74, 6) is 0.160. The maximum absolute atomic E-state index is 15.6. The summed E-state index contributed by atoms with van der Waals surface area (Å²) in [5, 5.41) is 27.5. The Balaban J connectivity index is 1.19. The van der Waals surface area contributed by atoms with E-state index in [9.17, 15) is 23.4 Å². The number of alkyl halides is 3. The summed E-state index contributed by atoms with van der Waals surface area (Å²) >= 11 is 0. The molecule has 6 rings (SSSR count). The maximum atomic E-state index is 15.6. The van der Waals surface area contributed by atoms with Gasteiger partial charge >= 0.3 is 6.18 Å². The average molecular weight is 556 g/mol. The number of aryl methyl sites for hydroxylation is 1. The van der Waals surface area contributed by atoms with E-state index < -0.39 is 17.6 Å². The second-order valence-electron chi connectivity index (χ2n) is 10.7. The van der Waals surface area contributed by atoms with Gasteiger partial charge in [0.25, 0.3) is 0 Å². The highest BCUT2D eigenvalue weighted by Gasteiger charge is 2.55. The Bertz CT molecular complexity index is 1600. The van der Waals surface area contributed by atoms with Crippen LogP contribution < -0.4 is 0 Å². The van der Waals surface area contributed by atoms with Crippen molar-refractivity contribution in [2.75, 3.05) is 13.1 Å². The van der Waals surface area contributed by atoms with Gasteiger partial charge in [-0.2, -0.15) is 18.3 Å². The normalized spacial score (nSPS) is 22.2. The summed E-state index contributed by atoms with van der Waals surface area (Å²) in [7, 11) is 0. The third kappa shape index (κ3) is 4.46. The summed E-state index contributed by atoms with van der Waals surface area (Å²) in [6.07, 6.45) is -0.281. The van der Waals surface area contributed by atoms with Crippen molar-refractivity contribution in [3.63, 3.8) is 0 Å². The molecular formula is C29H29F4N5O2. The van der Waals surface area contributed by atoms with Gasteiger partial charge in [0.05, 0.1) is 11.9 Å². The minimum absolute atomic E-state index is 0.0331. The van der Waals surface area contributed by atoms with Gasteiger partial charge in [-0.15, -0.1) is 0 Å². The van der Waals surface area contributed by atoms with Crippen LogP contribution in [-0.2, 0) is 6.42 Å². The summed E-state index contributed by atoms with van der Waals surface area (Å²) in [6.45, 7) is 3.11.